The van der Waals surface area contributed by atoms with Crippen LogP contribution in [-0.2, 0) is 0 Å². The molecule has 0 amide bonds. The lowest BCUT2D eigenvalue weighted by Gasteiger charge is -2.08. The molecule has 4 nitrogen and oxygen atoms in total. The van der Waals surface area contributed by atoms with Crippen LogP contribution in [0.2, 0.25) is 0 Å². The zero-order valence-corrected chi connectivity index (χ0v) is 18.8. The second-order valence-electron chi connectivity index (χ2n) is 4.67. The third kappa shape index (κ3) is 9.23. The van der Waals surface area contributed by atoms with E-state index in [0.29, 0.717) is 6.79 Å². The molecule has 0 bridgehead atoms. The van der Waals surface area contributed by atoms with Gasteiger partial charge in [-0.1, -0.05) is 59.7 Å². The smallest absolute Gasteiger partial charge is 0.231 e. The largest absolute Gasteiger partial charge is 0.493 e. The Morgan fingerprint density at radius 1 is 0.741 bits per heavy atom. The van der Waals surface area contributed by atoms with Crippen molar-refractivity contribution in [1.82, 2.24) is 0 Å². The molecular formula is C23H38O4. The predicted molar refractivity (Wildman–Crippen MR) is 116 cm³/mol. The van der Waals surface area contributed by atoms with Crippen LogP contribution >= 0.6 is 0 Å². The number of benzene rings is 2. The molecule has 1 aliphatic rings. The molecule has 4 heteroatoms. The minimum atomic E-state index is 0.360. The highest BCUT2D eigenvalue weighted by Crippen LogP contribution is 2.32. The van der Waals surface area contributed by atoms with Gasteiger partial charge in [0.05, 0.1) is 14.2 Å². The first-order valence-corrected chi connectivity index (χ1v) is 9.69. The number of hydrogen-bond donors (Lipinski definition) is 0. The van der Waals surface area contributed by atoms with Gasteiger partial charge >= 0.3 is 0 Å². The Kier molecular flexibility index (Phi) is 17.0. The summed E-state index contributed by atoms with van der Waals surface area (Å²) in [5, 5.41) is 0. The minimum Gasteiger partial charge on any atom is -0.493 e. The highest BCUT2D eigenvalue weighted by Gasteiger charge is 2.11. The van der Waals surface area contributed by atoms with Gasteiger partial charge in [-0.25, -0.2) is 0 Å². The molecular weight excluding hydrogens is 340 g/mol. The normalized spacial score (nSPS) is 9.56. The van der Waals surface area contributed by atoms with E-state index in [1.165, 1.54) is 5.56 Å². The SMILES string of the molecule is CC.CC.CC.COc1cccc(C)c1OC.Cc1ccc2c(c1)OCO2. The van der Waals surface area contributed by atoms with Crippen molar-refractivity contribution in [3.63, 3.8) is 0 Å². The van der Waals surface area contributed by atoms with Crippen molar-refractivity contribution < 1.29 is 18.9 Å². The van der Waals surface area contributed by atoms with Crippen LogP contribution in [0, 0.1) is 13.8 Å². The van der Waals surface area contributed by atoms with Crippen molar-refractivity contribution in [2.75, 3.05) is 21.0 Å². The van der Waals surface area contributed by atoms with Crippen molar-refractivity contribution in [2.24, 2.45) is 0 Å². The summed E-state index contributed by atoms with van der Waals surface area (Å²) in [6.07, 6.45) is 0. The Morgan fingerprint density at radius 2 is 1.33 bits per heavy atom. The van der Waals surface area contributed by atoms with Crippen molar-refractivity contribution in [1.29, 1.82) is 0 Å². The van der Waals surface area contributed by atoms with Gasteiger partial charge in [0.2, 0.25) is 6.79 Å². The Hall–Kier alpha value is -2.36. The zero-order valence-electron chi connectivity index (χ0n) is 18.8. The number of rotatable bonds is 2. The molecule has 27 heavy (non-hydrogen) atoms. The van der Waals surface area contributed by atoms with Gasteiger partial charge in [-0.15, -0.1) is 0 Å². The van der Waals surface area contributed by atoms with Gasteiger partial charge in [-0.05, 0) is 43.2 Å². The van der Waals surface area contributed by atoms with Crippen molar-refractivity contribution >= 4 is 0 Å². The third-order valence-electron chi connectivity index (χ3n) is 3.13. The van der Waals surface area contributed by atoms with Gasteiger partial charge in [0.15, 0.2) is 23.0 Å². The van der Waals surface area contributed by atoms with Gasteiger partial charge in [-0.2, -0.15) is 0 Å². The van der Waals surface area contributed by atoms with Crippen LogP contribution < -0.4 is 18.9 Å². The van der Waals surface area contributed by atoms with Crippen LogP contribution in [0.25, 0.3) is 0 Å². The number of methoxy groups -OCH3 is 2. The average molecular weight is 379 g/mol. The molecule has 0 atom stereocenters. The maximum absolute atomic E-state index is 5.16. The van der Waals surface area contributed by atoms with Crippen molar-refractivity contribution in [3.8, 4) is 23.0 Å². The van der Waals surface area contributed by atoms with Gasteiger partial charge in [0, 0.05) is 0 Å². The lowest BCUT2D eigenvalue weighted by molar-refractivity contribution is 0.174. The van der Waals surface area contributed by atoms with E-state index in [-0.39, 0.29) is 0 Å². The van der Waals surface area contributed by atoms with Gasteiger partial charge in [0.1, 0.15) is 0 Å². The Labute approximate surface area is 166 Å². The van der Waals surface area contributed by atoms with Crippen LogP contribution in [0.3, 0.4) is 0 Å². The van der Waals surface area contributed by atoms with Crippen LogP contribution in [0.5, 0.6) is 23.0 Å². The number of ether oxygens (including phenoxy) is 4. The second kappa shape index (κ2) is 17.1. The molecule has 0 unspecified atom stereocenters. The molecule has 0 N–H and O–H groups in total. The second-order valence-corrected chi connectivity index (χ2v) is 4.67. The van der Waals surface area contributed by atoms with Crippen molar-refractivity contribution in [3.05, 3.63) is 47.5 Å². The van der Waals surface area contributed by atoms with E-state index in [0.717, 1.165) is 28.6 Å². The minimum absolute atomic E-state index is 0.360. The van der Waals surface area contributed by atoms with Crippen LogP contribution in [-0.4, -0.2) is 21.0 Å². The molecule has 0 aliphatic carbocycles. The van der Waals surface area contributed by atoms with Gasteiger partial charge < -0.3 is 18.9 Å². The molecule has 3 rings (SSSR count). The highest BCUT2D eigenvalue weighted by molar-refractivity contribution is 5.45. The maximum atomic E-state index is 5.16. The summed E-state index contributed by atoms with van der Waals surface area (Å²) in [6.45, 7) is 16.4. The summed E-state index contributed by atoms with van der Waals surface area (Å²) in [7, 11) is 3.28. The Morgan fingerprint density at radius 3 is 1.85 bits per heavy atom. The fraction of sp³-hybridized carbons (Fsp3) is 0.478. The molecule has 2 aromatic carbocycles. The molecule has 1 heterocycles. The summed E-state index contributed by atoms with van der Waals surface area (Å²) in [5.74, 6) is 3.31. The van der Waals surface area contributed by atoms with Crippen molar-refractivity contribution in [2.45, 2.75) is 55.4 Å². The molecule has 1 aliphatic heterocycles. The molecule has 2 aromatic rings. The third-order valence-corrected chi connectivity index (χ3v) is 3.13. The van der Waals surface area contributed by atoms with Crippen LogP contribution in [0.15, 0.2) is 36.4 Å². The number of fused-ring (bicyclic) bond motifs is 1. The molecule has 0 fully saturated rings. The fourth-order valence-electron chi connectivity index (χ4n) is 2.05. The summed E-state index contributed by atoms with van der Waals surface area (Å²) >= 11 is 0. The molecule has 0 saturated carbocycles. The Bertz CT molecular complexity index is 609. The molecule has 0 spiro atoms. The quantitative estimate of drug-likeness (QED) is 0.575. The van der Waals surface area contributed by atoms with Gasteiger partial charge in [-0.3, -0.25) is 0 Å². The highest BCUT2D eigenvalue weighted by atomic mass is 16.7. The lowest BCUT2D eigenvalue weighted by Crippen LogP contribution is -1.92. The number of aryl methyl sites for hydroxylation is 2. The van der Waals surface area contributed by atoms with E-state index < -0.39 is 0 Å². The van der Waals surface area contributed by atoms with Crippen LogP contribution in [0.4, 0.5) is 0 Å². The average Bonchev–Trinajstić information content (AvgIpc) is 3.20. The van der Waals surface area contributed by atoms with E-state index >= 15 is 0 Å². The fourth-order valence-corrected chi connectivity index (χ4v) is 2.05. The first-order chi connectivity index (χ1) is 13.2. The first-order valence-electron chi connectivity index (χ1n) is 9.69. The molecule has 154 valence electrons. The van der Waals surface area contributed by atoms with E-state index in [9.17, 15) is 0 Å². The summed E-state index contributed by atoms with van der Waals surface area (Å²) in [6, 6.07) is 11.7. The first kappa shape index (κ1) is 26.9. The topological polar surface area (TPSA) is 36.9 Å². The van der Waals surface area contributed by atoms with Gasteiger partial charge in [0.25, 0.3) is 0 Å². The predicted octanol–water partition coefficient (Wildman–Crippen LogP) is 6.81. The maximum Gasteiger partial charge on any atom is 0.231 e. The zero-order chi connectivity index (χ0) is 21.2. The summed E-state index contributed by atoms with van der Waals surface area (Å²) in [4.78, 5) is 0. The van der Waals surface area contributed by atoms with Crippen LogP contribution in [0.1, 0.15) is 52.7 Å². The number of para-hydroxylation sites is 1. The molecule has 0 aromatic heterocycles. The monoisotopic (exact) mass is 378 g/mol. The van der Waals surface area contributed by atoms with E-state index in [4.69, 9.17) is 18.9 Å². The summed E-state index contributed by atoms with van der Waals surface area (Å²) in [5.41, 5.74) is 2.29. The van der Waals surface area contributed by atoms with E-state index in [1.807, 2.05) is 91.8 Å². The summed E-state index contributed by atoms with van der Waals surface area (Å²) < 4.78 is 20.5. The Balaban J connectivity index is 0. The van der Waals surface area contributed by atoms with E-state index in [1.54, 1.807) is 14.2 Å². The lowest BCUT2D eigenvalue weighted by atomic mass is 10.2. The molecule has 0 radical (unpaired) electrons. The molecule has 0 saturated heterocycles. The van der Waals surface area contributed by atoms with E-state index in [2.05, 4.69) is 0 Å². The number of hydrogen-bond acceptors (Lipinski definition) is 4. The standard InChI is InChI=1S/C9H12O2.C8H8O2.3C2H6/c1-7-5-4-6-8(10-2)9(7)11-3;1-6-2-3-7-8(4-6)10-5-9-7;3*1-2/h4-6H,1-3H3;2-4H,5H2,1H3;3*1-2H3.